The zero-order valence-corrected chi connectivity index (χ0v) is 8.86. The Bertz CT molecular complexity index is 114. The minimum Gasteiger partial charge on any atom is -0.366 e. The lowest BCUT2D eigenvalue weighted by molar-refractivity contribution is -0.176. The van der Waals surface area contributed by atoms with E-state index in [2.05, 4.69) is 0 Å². The Balaban J connectivity index is 3.31. The molecule has 0 saturated heterocycles. The summed E-state index contributed by atoms with van der Waals surface area (Å²) >= 11 is 1.72. The highest BCUT2D eigenvalue weighted by molar-refractivity contribution is 7.98. The predicted octanol–water partition coefficient (Wildman–Crippen LogP) is 0.812. The highest BCUT2D eigenvalue weighted by atomic mass is 32.2. The van der Waals surface area contributed by atoms with Crippen molar-refractivity contribution in [1.82, 2.24) is 0 Å². The van der Waals surface area contributed by atoms with Crippen molar-refractivity contribution in [2.24, 2.45) is 5.73 Å². The van der Waals surface area contributed by atoms with Crippen molar-refractivity contribution in [2.45, 2.75) is 32.1 Å². The van der Waals surface area contributed by atoms with Gasteiger partial charge in [-0.1, -0.05) is 0 Å². The van der Waals surface area contributed by atoms with Gasteiger partial charge in [-0.05, 0) is 26.5 Å². The lowest BCUT2D eigenvalue weighted by Crippen LogP contribution is -2.29. The summed E-state index contributed by atoms with van der Waals surface area (Å²) in [5, 5.41) is 9.19. The third kappa shape index (κ3) is 8.33. The molecule has 4 heteroatoms. The molecule has 0 amide bonds. The Labute approximate surface area is 78.7 Å². The van der Waals surface area contributed by atoms with Crippen LogP contribution in [0.25, 0.3) is 0 Å². The van der Waals surface area contributed by atoms with Crippen molar-refractivity contribution in [2.75, 3.05) is 18.6 Å². The Hall–Kier alpha value is 0.230. The number of ether oxygens (including phenoxy) is 1. The van der Waals surface area contributed by atoms with Gasteiger partial charge >= 0.3 is 0 Å². The topological polar surface area (TPSA) is 55.5 Å². The first-order valence-electron chi connectivity index (χ1n) is 4.06. The van der Waals surface area contributed by atoms with E-state index in [0.29, 0.717) is 6.61 Å². The van der Waals surface area contributed by atoms with Gasteiger partial charge < -0.3 is 15.6 Å². The normalized spacial score (nSPS) is 14.8. The molecule has 0 bridgehead atoms. The van der Waals surface area contributed by atoms with Crippen LogP contribution in [0.4, 0.5) is 0 Å². The second-order valence-corrected chi connectivity index (χ2v) is 4.21. The Morgan fingerprint density at radius 3 is 2.58 bits per heavy atom. The van der Waals surface area contributed by atoms with E-state index in [0.717, 1.165) is 12.2 Å². The Morgan fingerprint density at radius 1 is 1.58 bits per heavy atom. The second kappa shape index (κ2) is 5.80. The summed E-state index contributed by atoms with van der Waals surface area (Å²) in [4.78, 5) is 0. The van der Waals surface area contributed by atoms with Crippen LogP contribution < -0.4 is 5.73 Å². The fourth-order valence-electron chi connectivity index (χ4n) is 0.757. The summed E-state index contributed by atoms with van der Waals surface area (Å²) in [5.74, 6) is -0.0890. The van der Waals surface area contributed by atoms with E-state index in [-0.39, 0.29) is 6.04 Å². The molecule has 12 heavy (non-hydrogen) atoms. The van der Waals surface area contributed by atoms with Crippen molar-refractivity contribution in [1.29, 1.82) is 0 Å². The van der Waals surface area contributed by atoms with Gasteiger partial charge in [-0.25, -0.2) is 0 Å². The predicted molar refractivity (Wildman–Crippen MR) is 53.2 cm³/mol. The van der Waals surface area contributed by atoms with E-state index in [1.165, 1.54) is 0 Å². The summed E-state index contributed by atoms with van der Waals surface area (Å²) in [6.45, 7) is 3.76. The van der Waals surface area contributed by atoms with Crippen LogP contribution >= 0.6 is 11.8 Å². The van der Waals surface area contributed by atoms with Gasteiger partial charge in [0.1, 0.15) is 0 Å². The molecule has 3 nitrogen and oxygen atoms in total. The van der Waals surface area contributed by atoms with Gasteiger partial charge in [0, 0.05) is 11.8 Å². The molecule has 1 atom stereocenters. The third-order valence-electron chi connectivity index (χ3n) is 1.32. The molecule has 0 aliphatic rings. The molecular weight excluding hydrogens is 174 g/mol. The highest BCUT2D eigenvalue weighted by Gasteiger charge is 2.12. The van der Waals surface area contributed by atoms with Gasteiger partial charge in [-0.2, -0.15) is 11.8 Å². The SMILES string of the molecule is CSC[C@@H](N)CCOC(C)(C)O. The maximum Gasteiger partial charge on any atom is 0.159 e. The fraction of sp³-hybridized carbons (Fsp3) is 1.00. The average Bonchev–Trinajstić information content (AvgIpc) is 1.84. The first-order chi connectivity index (χ1) is 5.45. The van der Waals surface area contributed by atoms with Crippen molar-refractivity contribution in [3.8, 4) is 0 Å². The fourth-order valence-corrected chi connectivity index (χ4v) is 1.35. The first kappa shape index (κ1) is 12.2. The minimum absolute atomic E-state index is 0.169. The quantitative estimate of drug-likeness (QED) is 0.613. The van der Waals surface area contributed by atoms with Crippen LogP contribution in [0.15, 0.2) is 0 Å². The third-order valence-corrected chi connectivity index (χ3v) is 2.09. The first-order valence-corrected chi connectivity index (χ1v) is 5.46. The molecule has 0 rings (SSSR count). The van der Waals surface area contributed by atoms with E-state index in [1.54, 1.807) is 25.6 Å². The van der Waals surface area contributed by atoms with E-state index in [4.69, 9.17) is 10.5 Å². The van der Waals surface area contributed by atoms with Crippen molar-refractivity contribution in [3.05, 3.63) is 0 Å². The maximum absolute atomic E-state index is 9.19. The van der Waals surface area contributed by atoms with E-state index in [1.807, 2.05) is 6.26 Å². The molecular formula is C8H19NO2S. The van der Waals surface area contributed by atoms with E-state index >= 15 is 0 Å². The van der Waals surface area contributed by atoms with Gasteiger partial charge in [-0.15, -0.1) is 0 Å². The summed E-state index contributed by atoms with van der Waals surface area (Å²) in [5.41, 5.74) is 5.73. The summed E-state index contributed by atoms with van der Waals surface area (Å²) in [7, 11) is 0. The van der Waals surface area contributed by atoms with Crippen LogP contribution in [0, 0.1) is 0 Å². The molecule has 0 heterocycles. The molecule has 0 spiro atoms. The van der Waals surface area contributed by atoms with E-state index in [9.17, 15) is 5.11 Å². The summed E-state index contributed by atoms with van der Waals surface area (Å²) < 4.78 is 5.11. The number of hydrogen-bond donors (Lipinski definition) is 2. The molecule has 74 valence electrons. The lowest BCUT2D eigenvalue weighted by atomic mass is 10.2. The summed E-state index contributed by atoms with van der Waals surface area (Å²) in [6, 6.07) is 0.169. The number of rotatable bonds is 6. The van der Waals surface area contributed by atoms with E-state index < -0.39 is 5.79 Å². The molecule has 0 saturated carbocycles. The molecule has 0 aromatic carbocycles. The van der Waals surface area contributed by atoms with Crippen molar-refractivity contribution < 1.29 is 9.84 Å². The van der Waals surface area contributed by atoms with Gasteiger partial charge in [0.05, 0.1) is 6.61 Å². The van der Waals surface area contributed by atoms with Crippen LogP contribution in [0.2, 0.25) is 0 Å². The molecule has 0 radical (unpaired) electrons. The van der Waals surface area contributed by atoms with Crippen molar-refractivity contribution in [3.63, 3.8) is 0 Å². The molecule has 0 aromatic rings. The van der Waals surface area contributed by atoms with Gasteiger partial charge in [0.15, 0.2) is 5.79 Å². The van der Waals surface area contributed by atoms with Crippen LogP contribution in [0.3, 0.4) is 0 Å². The molecule has 0 aliphatic heterocycles. The second-order valence-electron chi connectivity index (χ2n) is 3.30. The summed E-state index contributed by atoms with van der Waals surface area (Å²) in [6.07, 6.45) is 2.82. The number of nitrogens with two attached hydrogens (primary N) is 1. The van der Waals surface area contributed by atoms with Crippen LogP contribution in [-0.2, 0) is 4.74 Å². The standard InChI is InChI=1S/C8H19NO2S/c1-8(2,10)11-5-4-7(9)6-12-3/h7,10H,4-6,9H2,1-3H3/t7-/m0/s1. The smallest absolute Gasteiger partial charge is 0.159 e. The van der Waals surface area contributed by atoms with Crippen LogP contribution in [-0.4, -0.2) is 35.6 Å². The monoisotopic (exact) mass is 193 g/mol. The number of aliphatic hydroxyl groups is 1. The molecule has 0 unspecified atom stereocenters. The molecule has 0 fully saturated rings. The zero-order valence-electron chi connectivity index (χ0n) is 8.04. The lowest BCUT2D eigenvalue weighted by Gasteiger charge is -2.19. The molecule has 0 aromatic heterocycles. The molecule has 0 aliphatic carbocycles. The molecule has 3 N–H and O–H groups in total. The maximum atomic E-state index is 9.19. The van der Waals surface area contributed by atoms with Crippen molar-refractivity contribution >= 4 is 11.8 Å². The van der Waals surface area contributed by atoms with Gasteiger partial charge in [0.2, 0.25) is 0 Å². The number of thioether (sulfide) groups is 1. The average molecular weight is 193 g/mol. The highest BCUT2D eigenvalue weighted by Crippen LogP contribution is 2.05. The van der Waals surface area contributed by atoms with Gasteiger partial charge in [0.25, 0.3) is 0 Å². The van der Waals surface area contributed by atoms with Crippen LogP contribution in [0.1, 0.15) is 20.3 Å². The largest absolute Gasteiger partial charge is 0.366 e. The number of hydrogen-bond acceptors (Lipinski definition) is 4. The van der Waals surface area contributed by atoms with Gasteiger partial charge in [-0.3, -0.25) is 0 Å². The zero-order chi connectivity index (χ0) is 9.61. The Kier molecular flexibility index (Phi) is 5.92. The minimum atomic E-state index is -1.03. The van der Waals surface area contributed by atoms with Crippen LogP contribution in [0.5, 0.6) is 0 Å². The Morgan fingerprint density at radius 2 is 2.17 bits per heavy atom.